The minimum Gasteiger partial charge on any atom is -0.463 e. The van der Waals surface area contributed by atoms with Crippen LogP contribution in [0.15, 0.2) is 34.9 Å². The standard InChI is InChI=1S/C17H16ClFN2O3/c1-4-23-17(22)12-9(3)24-16(21)10(7-20)13(12)14-11(19)6-5-8(2)15(14)18/h5-6,13H,4,21H2,1-3H3. The molecule has 0 saturated heterocycles. The minimum absolute atomic E-state index is 0.00173. The number of allylic oxidation sites excluding steroid dienone is 2. The molecule has 1 atom stereocenters. The van der Waals surface area contributed by atoms with Crippen LogP contribution in [0.1, 0.15) is 30.9 Å². The van der Waals surface area contributed by atoms with Crippen LogP contribution in [0, 0.1) is 24.1 Å². The van der Waals surface area contributed by atoms with Crippen LogP contribution >= 0.6 is 11.6 Å². The zero-order valence-electron chi connectivity index (χ0n) is 13.4. The zero-order chi connectivity index (χ0) is 18.0. The summed E-state index contributed by atoms with van der Waals surface area (Å²) in [5.74, 6) is -2.49. The first-order valence-corrected chi connectivity index (χ1v) is 7.61. The molecule has 0 amide bonds. The predicted molar refractivity (Wildman–Crippen MR) is 86.1 cm³/mol. The summed E-state index contributed by atoms with van der Waals surface area (Å²) in [7, 11) is 0. The van der Waals surface area contributed by atoms with Gasteiger partial charge < -0.3 is 15.2 Å². The van der Waals surface area contributed by atoms with Gasteiger partial charge in [-0.15, -0.1) is 0 Å². The third-order valence-corrected chi connectivity index (χ3v) is 4.21. The molecule has 2 N–H and O–H groups in total. The van der Waals surface area contributed by atoms with Gasteiger partial charge in [0.1, 0.15) is 23.2 Å². The van der Waals surface area contributed by atoms with Gasteiger partial charge in [-0.2, -0.15) is 5.26 Å². The van der Waals surface area contributed by atoms with Crippen LogP contribution in [0.3, 0.4) is 0 Å². The Morgan fingerprint density at radius 1 is 1.50 bits per heavy atom. The van der Waals surface area contributed by atoms with Gasteiger partial charge >= 0.3 is 5.97 Å². The van der Waals surface area contributed by atoms with Gasteiger partial charge in [0.15, 0.2) is 0 Å². The number of hydrogen-bond acceptors (Lipinski definition) is 5. The highest BCUT2D eigenvalue weighted by Crippen LogP contribution is 2.43. The van der Waals surface area contributed by atoms with Gasteiger partial charge in [0.2, 0.25) is 5.88 Å². The number of rotatable bonds is 3. The second-order valence-electron chi connectivity index (χ2n) is 5.21. The van der Waals surface area contributed by atoms with Crippen molar-refractivity contribution in [3.63, 3.8) is 0 Å². The van der Waals surface area contributed by atoms with E-state index in [0.29, 0.717) is 5.56 Å². The molecule has 5 nitrogen and oxygen atoms in total. The predicted octanol–water partition coefficient (Wildman–Crippen LogP) is 3.43. The van der Waals surface area contributed by atoms with Crippen LogP contribution in [0.25, 0.3) is 0 Å². The molecule has 0 fully saturated rings. The Bertz CT molecular complexity index is 809. The number of nitrogens with zero attached hydrogens (tertiary/aromatic N) is 1. The van der Waals surface area contributed by atoms with E-state index in [1.165, 1.54) is 19.1 Å². The van der Waals surface area contributed by atoms with Gasteiger partial charge in [0.25, 0.3) is 0 Å². The van der Waals surface area contributed by atoms with Crippen molar-refractivity contribution in [2.75, 3.05) is 6.61 Å². The quantitative estimate of drug-likeness (QED) is 0.844. The summed E-state index contributed by atoms with van der Waals surface area (Å²) in [6, 6.07) is 4.63. The Morgan fingerprint density at radius 3 is 2.75 bits per heavy atom. The fourth-order valence-corrected chi connectivity index (χ4v) is 2.85. The molecule has 126 valence electrons. The van der Waals surface area contributed by atoms with Gasteiger partial charge in [-0.25, -0.2) is 9.18 Å². The van der Waals surface area contributed by atoms with Crippen molar-refractivity contribution in [3.05, 3.63) is 56.9 Å². The summed E-state index contributed by atoms with van der Waals surface area (Å²) in [5, 5.41) is 9.57. The topological polar surface area (TPSA) is 85.3 Å². The van der Waals surface area contributed by atoms with Crippen LogP contribution in [0.5, 0.6) is 0 Å². The third-order valence-electron chi connectivity index (χ3n) is 3.71. The lowest BCUT2D eigenvalue weighted by molar-refractivity contribution is -0.139. The van der Waals surface area contributed by atoms with E-state index in [1.807, 2.05) is 6.07 Å². The van der Waals surface area contributed by atoms with Crippen molar-refractivity contribution in [2.24, 2.45) is 5.73 Å². The monoisotopic (exact) mass is 350 g/mol. The number of nitrogens with two attached hydrogens (primary N) is 1. The van der Waals surface area contributed by atoms with E-state index in [2.05, 4.69) is 0 Å². The summed E-state index contributed by atoms with van der Waals surface area (Å²) in [6.45, 7) is 4.96. The second kappa shape index (κ2) is 6.93. The maximum atomic E-state index is 14.5. The van der Waals surface area contributed by atoms with Crippen molar-refractivity contribution in [3.8, 4) is 6.07 Å². The molecule has 1 aromatic rings. The molecule has 0 bridgehead atoms. The lowest BCUT2D eigenvalue weighted by Gasteiger charge is -2.28. The molecule has 0 spiro atoms. The van der Waals surface area contributed by atoms with Gasteiger partial charge in [-0.1, -0.05) is 17.7 Å². The molecule has 1 unspecified atom stereocenters. The van der Waals surface area contributed by atoms with Crippen LogP contribution in [0.4, 0.5) is 4.39 Å². The smallest absolute Gasteiger partial charge is 0.338 e. The highest BCUT2D eigenvalue weighted by Gasteiger charge is 2.39. The largest absolute Gasteiger partial charge is 0.463 e. The summed E-state index contributed by atoms with van der Waals surface area (Å²) in [6.07, 6.45) is 0. The molecule has 1 heterocycles. The lowest BCUT2D eigenvalue weighted by atomic mass is 9.82. The number of aryl methyl sites for hydroxylation is 1. The Labute approximate surface area is 144 Å². The van der Waals surface area contributed by atoms with E-state index in [4.69, 9.17) is 26.8 Å². The average molecular weight is 351 g/mol. The number of benzene rings is 1. The molecular formula is C17H16ClFN2O3. The molecule has 1 aliphatic rings. The Balaban J connectivity index is 2.77. The number of esters is 1. The molecule has 0 radical (unpaired) electrons. The van der Waals surface area contributed by atoms with Gasteiger partial charge in [0.05, 0.1) is 23.1 Å². The van der Waals surface area contributed by atoms with Crippen molar-refractivity contribution in [2.45, 2.75) is 26.7 Å². The van der Waals surface area contributed by atoms with Gasteiger partial charge in [-0.05, 0) is 32.4 Å². The fourth-order valence-electron chi connectivity index (χ4n) is 2.59. The molecule has 24 heavy (non-hydrogen) atoms. The number of hydrogen-bond donors (Lipinski definition) is 1. The molecule has 7 heteroatoms. The number of halogens is 2. The number of nitriles is 1. The number of carbonyl (C=O) groups is 1. The molecule has 0 aliphatic carbocycles. The average Bonchev–Trinajstić information content (AvgIpc) is 2.51. The fraction of sp³-hybridized carbons (Fsp3) is 0.294. The van der Waals surface area contributed by atoms with Crippen LogP contribution < -0.4 is 5.73 Å². The normalized spacial score (nSPS) is 17.4. The molecular weight excluding hydrogens is 335 g/mol. The van der Waals surface area contributed by atoms with Crippen LogP contribution in [-0.4, -0.2) is 12.6 Å². The van der Waals surface area contributed by atoms with E-state index < -0.39 is 17.7 Å². The van der Waals surface area contributed by atoms with Crippen molar-refractivity contribution < 1.29 is 18.7 Å². The van der Waals surface area contributed by atoms with E-state index in [0.717, 1.165) is 0 Å². The minimum atomic E-state index is -1.09. The highest BCUT2D eigenvalue weighted by atomic mass is 35.5. The van der Waals surface area contributed by atoms with Gasteiger partial charge in [0, 0.05) is 5.56 Å². The van der Waals surface area contributed by atoms with Crippen molar-refractivity contribution in [1.82, 2.24) is 0 Å². The Kier molecular flexibility index (Phi) is 5.15. The Morgan fingerprint density at radius 2 is 2.17 bits per heavy atom. The Hall–Kier alpha value is -2.52. The van der Waals surface area contributed by atoms with Crippen molar-refractivity contribution >= 4 is 17.6 Å². The second-order valence-corrected chi connectivity index (χ2v) is 5.59. The van der Waals surface area contributed by atoms with E-state index in [-0.39, 0.29) is 40.0 Å². The summed E-state index contributed by atoms with van der Waals surface area (Å²) >= 11 is 6.27. The maximum absolute atomic E-state index is 14.5. The van der Waals surface area contributed by atoms with E-state index in [1.54, 1.807) is 13.8 Å². The molecule has 1 aliphatic heterocycles. The first-order valence-electron chi connectivity index (χ1n) is 7.23. The molecule has 1 aromatic carbocycles. The SMILES string of the molecule is CCOC(=O)C1=C(C)OC(N)=C(C#N)C1c1c(F)ccc(C)c1Cl. The first kappa shape index (κ1) is 17.8. The summed E-state index contributed by atoms with van der Waals surface area (Å²) < 4.78 is 24.8. The lowest BCUT2D eigenvalue weighted by Crippen LogP contribution is -2.26. The van der Waals surface area contributed by atoms with Crippen molar-refractivity contribution in [1.29, 1.82) is 5.26 Å². The highest BCUT2D eigenvalue weighted by molar-refractivity contribution is 6.32. The van der Waals surface area contributed by atoms with Crippen LogP contribution in [-0.2, 0) is 14.3 Å². The third kappa shape index (κ3) is 2.95. The van der Waals surface area contributed by atoms with Gasteiger partial charge in [-0.3, -0.25) is 0 Å². The first-order chi connectivity index (χ1) is 11.3. The number of ether oxygens (including phenoxy) is 2. The molecule has 0 aromatic heterocycles. The summed E-state index contributed by atoms with van der Waals surface area (Å²) in [4.78, 5) is 12.4. The molecule has 2 rings (SSSR count). The van der Waals surface area contributed by atoms with E-state index >= 15 is 0 Å². The summed E-state index contributed by atoms with van der Waals surface area (Å²) in [5.41, 5.74) is 6.30. The van der Waals surface area contributed by atoms with E-state index in [9.17, 15) is 14.4 Å². The maximum Gasteiger partial charge on any atom is 0.338 e. The molecule has 0 saturated carbocycles. The van der Waals surface area contributed by atoms with Crippen LogP contribution in [0.2, 0.25) is 5.02 Å². The zero-order valence-corrected chi connectivity index (χ0v) is 14.2. The number of carbonyl (C=O) groups excluding carboxylic acids is 1.